The zero-order valence-corrected chi connectivity index (χ0v) is 34.5. The molecule has 0 unspecified atom stereocenters. The molecule has 0 saturated heterocycles. The van der Waals surface area contributed by atoms with E-state index in [1.807, 2.05) is 0 Å². The van der Waals surface area contributed by atoms with Crippen LogP contribution in [0, 0.1) is 10.8 Å². The second-order valence-electron chi connectivity index (χ2n) is 14.9. The summed E-state index contributed by atoms with van der Waals surface area (Å²) in [5.74, 6) is -1.89. The SMILES string of the molecule is CN(CC(=O)Nc1nc2ccc(OC(F)(F)F)cc2s1)C(=O)C1(CN)CCCCC1.CN(CC(=O)Nc1nc2ccc(OC(F)(F)F)cc2s1)C(=O)C1(CN)CCCCC1. The van der Waals surface area contributed by atoms with Crippen molar-refractivity contribution in [2.45, 2.75) is 76.9 Å². The summed E-state index contributed by atoms with van der Waals surface area (Å²) in [7, 11) is 3.13. The molecule has 60 heavy (non-hydrogen) atoms. The second kappa shape index (κ2) is 19.3. The molecule has 0 bridgehead atoms. The number of aromatic nitrogens is 2. The van der Waals surface area contributed by atoms with E-state index in [-0.39, 0.29) is 59.8 Å². The van der Waals surface area contributed by atoms with Crippen molar-refractivity contribution in [1.29, 1.82) is 0 Å². The van der Waals surface area contributed by atoms with Gasteiger partial charge in [-0.25, -0.2) is 9.97 Å². The predicted molar refractivity (Wildman–Crippen MR) is 214 cm³/mol. The third-order valence-corrected chi connectivity index (χ3v) is 12.3. The van der Waals surface area contributed by atoms with Crippen LogP contribution >= 0.6 is 22.7 Å². The molecule has 14 nitrogen and oxygen atoms in total. The molecule has 2 aromatic heterocycles. The van der Waals surface area contributed by atoms with Gasteiger partial charge >= 0.3 is 12.7 Å². The first-order chi connectivity index (χ1) is 28.2. The van der Waals surface area contributed by atoms with E-state index in [1.54, 1.807) is 14.1 Å². The average Bonchev–Trinajstić information content (AvgIpc) is 3.78. The third-order valence-electron chi connectivity index (χ3n) is 10.4. The van der Waals surface area contributed by atoms with Crippen LogP contribution in [0.3, 0.4) is 0 Å². The molecule has 4 amide bonds. The maximum absolute atomic E-state index is 12.9. The van der Waals surface area contributed by atoms with Gasteiger partial charge in [-0.05, 0) is 49.9 Å². The van der Waals surface area contributed by atoms with E-state index in [9.17, 15) is 45.5 Å². The van der Waals surface area contributed by atoms with Crippen LogP contribution in [0.1, 0.15) is 64.2 Å². The number of ether oxygens (including phenoxy) is 2. The highest BCUT2D eigenvalue weighted by atomic mass is 32.1. The van der Waals surface area contributed by atoms with Gasteiger partial charge in [0, 0.05) is 39.3 Å². The summed E-state index contributed by atoms with van der Waals surface area (Å²) in [4.78, 5) is 61.7. The molecule has 6 rings (SSSR count). The van der Waals surface area contributed by atoms with Crippen LogP contribution in [0.2, 0.25) is 0 Å². The molecule has 2 heterocycles. The van der Waals surface area contributed by atoms with Gasteiger partial charge in [0.1, 0.15) is 11.5 Å². The highest BCUT2D eigenvalue weighted by molar-refractivity contribution is 7.22. The van der Waals surface area contributed by atoms with Gasteiger partial charge in [0.25, 0.3) is 0 Å². The highest BCUT2D eigenvalue weighted by Crippen LogP contribution is 2.39. The number of alkyl halides is 6. The number of rotatable bonds is 12. The maximum atomic E-state index is 12.9. The molecule has 22 heteroatoms. The summed E-state index contributed by atoms with van der Waals surface area (Å²) < 4.78 is 82.8. The largest absolute Gasteiger partial charge is 0.573 e. The number of anilines is 2. The van der Waals surface area contributed by atoms with Crippen molar-refractivity contribution in [1.82, 2.24) is 19.8 Å². The van der Waals surface area contributed by atoms with Gasteiger partial charge in [-0.15, -0.1) is 26.3 Å². The number of benzene rings is 2. The Morgan fingerprint density at radius 2 is 1.00 bits per heavy atom. The minimum absolute atomic E-state index is 0.141. The number of likely N-dealkylation sites (N-methyl/N-ethyl adjacent to an activating group) is 2. The number of nitrogens with one attached hydrogen (secondary N) is 2. The number of halogens is 6. The lowest BCUT2D eigenvalue weighted by Crippen LogP contribution is -2.49. The Morgan fingerprint density at radius 1 is 0.650 bits per heavy atom. The van der Waals surface area contributed by atoms with Crippen molar-refractivity contribution >= 4 is 77.0 Å². The van der Waals surface area contributed by atoms with E-state index in [2.05, 4.69) is 30.1 Å². The van der Waals surface area contributed by atoms with Crippen LogP contribution in [-0.4, -0.2) is 96.4 Å². The van der Waals surface area contributed by atoms with Gasteiger partial charge in [-0.1, -0.05) is 61.2 Å². The number of thiazole rings is 2. The van der Waals surface area contributed by atoms with E-state index in [0.29, 0.717) is 46.1 Å². The Balaban J connectivity index is 0.000000228. The first kappa shape index (κ1) is 46.3. The smallest absolute Gasteiger partial charge is 0.406 e. The molecule has 4 aromatic rings. The fourth-order valence-electron chi connectivity index (χ4n) is 7.48. The Morgan fingerprint density at radius 3 is 1.32 bits per heavy atom. The van der Waals surface area contributed by atoms with Crippen molar-refractivity contribution in [3.8, 4) is 11.5 Å². The normalized spacial score (nSPS) is 16.3. The summed E-state index contributed by atoms with van der Waals surface area (Å²) >= 11 is 2.04. The van der Waals surface area contributed by atoms with Crippen molar-refractivity contribution in [2.75, 3.05) is 50.9 Å². The van der Waals surface area contributed by atoms with Crippen molar-refractivity contribution in [3.05, 3.63) is 36.4 Å². The summed E-state index contributed by atoms with van der Waals surface area (Å²) in [5.41, 5.74) is 11.4. The molecule has 2 aromatic carbocycles. The molecule has 2 aliphatic carbocycles. The zero-order valence-electron chi connectivity index (χ0n) is 32.8. The van der Waals surface area contributed by atoms with Crippen LogP contribution in [0.5, 0.6) is 11.5 Å². The van der Waals surface area contributed by atoms with E-state index in [0.717, 1.165) is 73.3 Å². The topological polar surface area (TPSA) is 195 Å². The molecule has 2 saturated carbocycles. The van der Waals surface area contributed by atoms with Crippen molar-refractivity contribution < 1.29 is 55.0 Å². The van der Waals surface area contributed by atoms with E-state index >= 15 is 0 Å². The molecule has 2 fully saturated rings. The number of hydrogen-bond donors (Lipinski definition) is 4. The molecule has 328 valence electrons. The van der Waals surface area contributed by atoms with Crippen LogP contribution in [0.4, 0.5) is 36.6 Å². The minimum Gasteiger partial charge on any atom is -0.406 e. The first-order valence-electron chi connectivity index (χ1n) is 19.1. The molecule has 0 atom stereocenters. The number of nitrogens with two attached hydrogens (primary N) is 2. The van der Waals surface area contributed by atoms with Crippen molar-refractivity contribution in [3.63, 3.8) is 0 Å². The quantitative estimate of drug-likeness (QED) is 0.108. The monoisotopic (exact) mass is 888 g/mol. The number of carbonyl (C=O) groups excluding carboxylic acids is 4. The third kappa shape index (κ3) is 12.2. The molecule has 6 N–H and O–H groups in total. The molecule has 2 aliphatic rings. The number of hydrogen-bond acceptors (Lipinski definition) is 12. The Kier molecular flexibility index (Phi) is 14.9. The number of amides is 4. The zero-order chi connectivity index (χ0) is 43.9. The first-order valence-corrected chi connectivity index (χ1v) is 20.7. The Labute approximate surface area is 348 Å². The maximum Gasteiger partial charge on any atom is 0.573 e. The Hall–Kier alpha value is -4.80. The molecule has 0 aliphatic heterocycles. The van der Waals surface area contributed by atoms with Crippen LogP contribution in [0.25, 0.3) is 20.4 Å². The van der Waals surface area contributed by atoms with Gasteiger partial charge in [-0.3, -0.25) is 19.2 Å². The predicted octanol–water partition coefficient (Wildman–Crippen LogP) is 7.00. The van der Waals surface area contributed by atoms with Gasteiger partial charge in [-0.2, -0.15) is 0 Å². The van der Waals surface area contributed by atoms with Crippen LogP contribution in [0.15, 0.2) is 36.4 Å². The molecule has 0 radical (unpaired) electrons. The summed E-state index contributed by atoms with van der Waals surface area (Å²) in [6.45, 7) is 0.161. The lowest BCUT2D eigenvalue weighted by molar-refractivity contribution is -0.275. The van der Waals surface area contributed by atoms with Crippen LogP contribution < -0.4 is 31.6 Å². The summed E-state index contributed by atoms with van der Waals surface area (Å²) in [5, 5.41) is 5.65. The molecular weight excluding hydrogens is 843 g/mol. The number of fused-ring (bicyclic) bond motifs is 2. The van der Waals surface area contributed by atoms with Crippen molar-refractivity contribution in [2.24, 2.45) is 22.3 Å². The fraction of sp³-hybridized carbons (Fsp3) is 0.526. The van der Waals surface area contributed by atoms with Gasteiger partial charge in [0.05, 0.1) is 44.4 Å². The van der Waals surface area contributed by atoms with E-state index in [1.165, 1.54) is 34.1 Å². The number of carbonyl (C=O) groups is 4. The van der Waals surface area contributed by atoms with Gasteiger partial charge in [0.2, 0.25) is 23.6 Å². The fourth-order valence-corrected chi connectivity index (χ4v) is 9.30. The number of nitrogens with zero attached hydrogens (tertiary/aromatic N) is 4. The van der Waals surface area contributed by atoms with Gasteiger partial charge < -0.3 is 41.4 Å². The lowest BCUT2D eigenvalue weighted by Gasteiger charge is -2.37. The molecular formula is C38H46F6N8O6S2. The van der Waals surface area contributed by atoms with E-state index < -0.39 is 35.4 Å². The molecule has 0 spiro atoms. The van der Waals surface area contributed by atoms with Crippen LogP contribution in [-0.2, 0) is 19.2 Å². The Bertz CT molecular complexity index is 2000. The minimum atomic E-state index is -4.79. The summed E-state index contributed by atoms with van der Waals surface area (Å²) in [6, 6.07) is 7.49. The highest BCUT2D eigenvalue weighted by Gasteiger charge is 2.41. The second-order valence-corrected chi connectivity index (χ2v) is 17.0. The van der Waals surface area contributed by atoms with E-state index in [4.69, 9.17) is 11.5 Å². The lowest BCUT2D eigenvalue weighted by atomic mass is 9.73. The van der Waals surface area contributed by atoms with Gasteiger partial charge in [0.15, 0.2) is 10.3 Å². The standard InChI is InChI=1S/2C19H23F3N4O3S/c2*1-26(16(28)18(11-23)7-3-2-4-8-18)10-15(27)25-17-24-13-6-5-12(9-14(13)30-17)29-19(20,21)22/h2*5-6,9H,2-4,7-8,10-11,23H2,1H3,(H,24,25,27). The average molecular weight is 889 g/mol. The summed E-state index contributed by atoms with van der Waals surface area (Å²) in [6.07, 6.45) is -0.796.